The molecule has 8 nitrogen and oxygen atoms in total. The number of anilines is 3. The zero-order chi connectivity index (χ0) is 23.4. The molecule has 4 rings (SSSR count). The first-order valence-corrected chi connectivity index (χ1v) is 11.2. The summed E-state index contributed by atoms with van der Waals surface area (Å²) in [6.45, 7) is 2.86. The lowest BCUT2D eigenvalue weighted by atomic mass is 9.94. The van der Waals surface area contributed by atoms with E-state index >= 15 is 0 Å². The first-order chi connectivity index (χ1) is 15.9. The molecule has 2 saturated heterocycles. The molecule has 0 spiro atoms. The number of hydrogen-bond acceptors (Lipinski definition) is 4. The Labute approximate surface area is 192 Å². The summed E-state index contributed by atoms with van der Waals surface area (Å²) < 4.78 is 0. The number of amides is 4. The highest BCUT2D eigenvalue weighted by Crippen LogP contribution is 2.28. The van der Waals surface area contributed by atoms with Crippen LogP contribution < -0.4 is 15.5 Å². The molecule has 2 N–H and O–H groups in total. The number of nitrogens with one attached hydrogen (secondary N) is 2. The Morgan fingerprint density at radius 2 is 1.45 bits per heavy atom. The number of para-hydroxylation sites is 1. The highest BCUT2D eigenvalue weighted by Gasteiger charge is 2.38. The average molecular weight is 449 g/mol. The molecule has 1 atom stereocenters. The van der Waals surface area contributed by atoms with Gasteiger partial charge >= 0.3 is 0 Å². The summed E-state index contributed by atoms with van der Waals surface area (Å²) >= 11 is 0. The van der Waals surface area contributed by atoms with Crippen molar-refractivity contribution in [3.8, 4) is 0 Å². The monoisotopic (exact) mass is 448 g/mol. The average Bonchev–Trinajstić information content (AvgIpc) is 3.22. The van der Waals surface area contributed by atoms with Crippen LogP contribution in [0.5, 0.6) is 0 Å². The summed E-state index contributed by atoms with van der Waals surface area (Å²) in [4.78, 5) is 52.7. The SMILES string of the molecule is CC(=O)Nc1ccc(NC(=O)C2CCN(C(=O)[C@H]3CC(=O)N(c4ccccc4)C3)CC2)cc1. The Bertz CT molecular complexity index is 1030. The van der Waals surface area contributed by atoms with E-state index in [9.17, 15) is 19.2 Å². The number of nitrogens with zero attached hydrogens (tertiary/aromatic N) is 2. The molecule has 8 heteroatoms. The minimum Gasteiger partial charge on any atom is -0.342 e. The second-order valence-electron chi connectivity index (χ2n) is 8.59. The van der Waals surface area contributed by atoms with Crippen LogP contribution in [0, 0.1) is 11.8 Å². The smallest absolute Gasteiger partial charge is 0.228 e. The zero-order valence-corrected chi connectivity index (χ0v) is 18.6. The van der Waals surface area contributed by atoms with Crippen molar-refractivity contribution in [2.75, 3.05) is 35.2 Å². The van der Waals surface area contributed by atoms with Crippen molar-refractivity contribution in [3.63, 3.8) is 0 Å². The van der Waals surface area contributed by atoms with E-state index in [4.69, 9.17) is 0 Å². The van der Waals surface area contributed by atoms with E-state index in [-0.39, 0.29) is 41.9 Å². The molecule has 2 heterocycles. The molecule has 2 aromatic rings. The van der Waals surface area contributed by atoms with E-state index < -0.39 is 0 Å². The number of hydrogen-bond donors (Lipinski definition) is 2. The minimum atomic E-state index is -0.342. The second kappa shape index (κ2) is 9.85. The van der Waals surface area contributed by atoms with Crippen LogP contribution in [0.15, 0.2) is 54.6 Å². The Balaban J connectivity index is 1.27. The van der Waals surface area contributed by atoms with Gasteiger partial charge in [-0.15, -0.1) is 0 Å². The van der Waals surface area contributed by atoms with Crippen LogP contribution in [0.1, 0.15) is 26.2 Å². The second-order valence-corrected chi connectivity index (χ2v) is 8.59. The third kappa shape index (κ3) is 5.39. The Kier molecular flexibility index (Phi) is 6.72. The van der Waals surface area contributed by atoms with Gasteiger partial charge in [-0.2, -0.15) is 0 Å². The third-order valence-corrected chi connectivity index (χ3v) is 6.19. The first kappa shape index (κ1) is 22.5. The third-order valence-electron chi connectivity index (χ3n) is 6.19. The zero-order valence-electron chi connectivity index (χ0n) is 18.6. The predicted octanol–water partition coefficient (Wildman–Crippen LogP) is 2.88. The molecule has 2 aliphatic rings. The summed E-state index contributed by atoms with van der Waals surface area (Å²) in [5.41, 5.74) is 2.15. The van der Waals surface area contributed by atoms with E-state index in [0.717, 1.165) is 5.69 Å². The van der Waals surface area contributed by atoms with Gasteiger partial charge in [0.15, 0.2) is 0 Å². The molecule has 2 aromatic carbocycles. The lowest BCUT2D eigenvalue weighted by Crippen LogP contribution is -2.44. The van der Waals surface area contributed by atoms with Crippen molar-refractivity contribution in [2.24, 2.45) is 11.8 Å². The van der Waals surface area contributed by atoms with E-state index in [0.29, 0.717) is 43.9 Å². The summed E-state index contributed by atoms with van der Waals surface area (Å²) in [6.07, 6.45) is 1.40. The van der Waals surface area contributed by atoms with E-state index in [1.165, 1.54) is 6.92 Å². The number of likely N-dealkylation sites (tertiary alicyclic amines) is 1. The summed E-state index contributed by atoms with van der Waals surface area (Å²) in [5.74, 6) is -0.767. The van der Waals surface area contributed by atoms with Crippen LogP contribution in [0.2, 0.25) is 0 Å². The molecular weight excluding hydrogens is 420 g/mol. The molecule has 172 valence electrons. The predicted molar refractivity (Wildman–Crippen MR) is 126 cm³/mol. The number of carbonyl (C=O) groups is 4. The quantitative estimate of drug-likeness (QED) is 0.735. The molecule has 0 bridgehead atoms. The van der Waals surface area contributed by atoms with Gasteiger partial charge in [0.1, 0.15) is 0 Å². The van der Waals surface area contributed by atoms with Gasteiger partial charge in [-0.3, -0.25) is 19.2 Å². The van der Waals surface area contributed by atoms with Crippen molar-refractivity contribution in [3.05, 3.63) is 54.6 Å². The van der Waals surface area contributed by atoms with E-state index in [1.54, 1.807) is 34.1 Å². The highest BCUT2D eigenvalue weighted by atomic mass is 16.2. The number of piperidine rings is 1. The highest BCUT2D eigenvalue weighted by molar-refractivity contribution is 6.00. The fraction of sp³-hybridized carbons (Fsp3) is 0.360. The van der Waals surface area contributed by atoms with E-state index in [2.05, 4.69) is 10.6 Å². The number of rotatable bonds is 5. The maximum Gasteiger partial charge on any atom is 0.228 e. The molecule has 0 saturated carbocycles. The van der Waals surface area contributed by atoms with Crippen LogP contribution in [-0.2, 0) is 19.2 Å². The lowest BCUT2D eigenvalue weighted by Gasteiger charge is -2.33. The molecule has 0 aliphatic carbocycles. The lowest BCUT2D eigenvalue weighted by molar-refractivity contribution is -0.138. The van der Waals surface area contributed by atoms with Crippen LogP contribution in [0.25, 0.3) is 0 Å². The molecule has 0 aromatic heterocycles. The van der Waals surface area contributed by atoms with Crippen LogP contribution in [0.4, 0.5) is 17.1 Å². The molecule has 0 radical (unpaired) electrons. The normalized spacial score (nSPS) is 18.8. The standard InChI is InChI=1S/C25H28N4O4/c1-17(30)26-20-7-9-21(10-8-20)27-24(32)18-11-13-28(14-12-18)25(33)19-15-23(31)29(16-19)22-5-3-2-4-6-22/h2-10,18-19H,11-16H2,1H3,(H,26,30)(H,27,32)/t19-/m0/s1. The van der Waals surface area contributed by atoms with E-state index in [1.807, 2.05) is 30.3 Å². The van der Waals surface area contributed by atoms with Crippen molar-refractivity contribution < 1.29 is 19.2 Å². The number of carbonyl (C=O) groups excluding carboxylic acids is 4. The van der Waals surface area contributed by atoms with Crippen molar-refractivity contribution in [2.45, 2.75) is 26.2 Å². The molecule has 4 amide bonds. The summed E-state index contributed by atoms with van der Waals surface area (Å²) in [7, 11) is 0. The van der Waals surface area contributed by atoms with Gasteiger partial charge in [0, 0.05) is 56.0 Å². The van der Waals surface area contributed by atoms with Gasteiger partial charge in [-0.05, 0) is 49.2 Å². The fourth-order valence-electron chi connectivity index (χ4n) is 4.44. The topological polar surface area (TPSA) is 98.8 Å². The molecular formula is C25H28N4O4. The van der Waals surface area contributed by atoms with Crippen LogP contribution >= 0.6 is 0 Å². The maximum absolute atomic E-state index is 13.0. The van der Waals surface area contributed by atoms with Crippen LogP contribution in [-0.4, -0.2) is 48.2 Å². The van der Waals surface area contributed by atoms with Crippen molar-refractivity contribution in [1.82, 2.24) is 4.90 Å². The van der Waals surface area contributed by atoms with Gasteiger partial charge in [0.25, 0.3) is 0 Å². The molecule has 33 heavy (non-hydrogen) atoms. The van der Waals surface area contributed by atoms with Crippen LogP contribution in [0.3, 0.4) is 0 Å². The summed E-state index contributed by atoms with van der Waals surface area (Å²) in [5, 5.41) is 5.60. The Hall–Kier alpha value is -3.68. The van der Waals surface area contributed by atoms with Crippen molar-refractivity contribution in [1.29, 1.82) is 0 Å². The minimum absolute atomic E-state index is 0.00537. The number of benzene rings is 2. The van der Waals surface area contributed by atoms with Gasteiger partial charge in [0.2, 0.25) is 23.6 Å². The Morgan fingerprint density at radius 3 is 2.06 bits per heavy atom. The summed E-state index contributed by atoms with van der Waals surface area (Å²) in [6, 6.07) is 16.4. The fourth-order valence-corrected chi connectivity index (χ4v) is 4.44. The van der Waals surface area contributed by atoms with Gasteiger partial charge in [-0.25, -0.2) is 0 Å². The van der Waals surface area contributed by atoms with Gasteiger partial charge in [-0.1, -0.05) is 18.2 Å². The molecule has 0 unspecified atom stereocenters. The van der Waals surface area contributed by atoms with Gasteiger partial charge in [0.05, 0.1) is 5.92 Å². The molecule has 2 aliphatic heterocycles. The first-order valence-electron chi connectivity index (χ1n) is 11.2. The molecule has 2 fully saturated rings. The Morgan fingerprint density at radius 1 is 0.848 bits per heavy atom. The van der Waals surface area contributed by atoms with Gasteiger partial charge < -0.3 is 20.4 Å². The maximum atomic E-state index is 13.0. The van der Waals surface area contributed by atoms with Crippen molar-refractivity contribution >= 4 is 40.7 Å². The largest absolute Gasteiger partial charge is 0.342 e.